The third kappa shape index (κ3) is 3.41. The van der Waals surface area contributed by atoms with E-state index < -0.39 is 0 Å². The molecule has 0 saturated carbocycles. The second kappa shape index (κ2) is 5.83. The van der Waals surface area contributed by atoms with Gasteiger partial charge in [0.15, 0.2) is 5.17 Å². The summed E-state index contributed by atoms with van der Waals surface area (Å²) >= 11 is 1.90. The Morgan fingerprint density at radius 2 is 2.33 bits per heavy atom. The number of hydrogen-bond donors (Lipinski definition) is 1. The summed E-state index contributed by atoms with van der Waals surface area (Å²) in [6.07, 6.45) is 3.62. The lowest BCUT2D eigenvalue weighted by atomic mass is 9.94. The van der Waals surface area contributed by atoms with Crippen molar-refractivity contribution < 1.29 is 0 Å². The molecule has 0 aromatic carbocycles. The maximum Gasteiger partial charge on any atom is 0.157 e. The third-order valence-corrected chi connectivity index (χ3v) is 5.32. The lowest BCUT2D eigenvalue weighted by Crippen LogP contribution is -2.49. The average Bonchev–Trinajstić information content (AvgIpc) is 2.33. The summed E-state index contributed by atoms with van der Waals surface area (Å²) in [6, 6.07) is 0.510. The smallest absolute Gasteiger partial charge is 0.157 e. The van der Waals surface area contributed by atoms with Crippen LogP contribution in [0.1, 0.15) is 40.0 Å². The lowest BCUT2D eigenvalue weighted by Gasteiger charge is -2.37. The molecule has 1 N–H and O–H groups in total. The highest BCUT2D eigenvalue weighted by atomic mass is 32.2. The summed E-state index contributed by atoms with van der Waals surface area (Å²) in [5.74, 6) is 1.88. The van der Waals surface area contributed by atoms with Crippen LogP contribution in [0.15, 0.2) is 4.99 Å². The lowest BCUT2D eigenvalue weighted by molar-refractivity contribution is 0.198. The average molecular weight is 269 g/mol. The SMILES string of the molecule is CCC1(C)CCSC(=NC2CCN(C)CC2C)N1. The Morgan fingerprint density at radius 3 is 3.00 bits per heavy atom. The van der Waals surface area contributed by atoms with E-state index in [0.717, 1.165) is 0 Å². The topological polar surface area (TPSA) is 27.6 Å². The Kier molecular flexibility index (Phi) is 4.59. The molecule has 2 aliphatic rings. The maximum atomic E-state index is 5.00. The van der Waals surface area contributed by atoms with Crippen LogP contribution < -0.4 is 5.32 Å². The van der Waals surface area contributed by atoms with E-state index in [9.17, 15) is 0 Å². The van der Waals surface area contributed by atoms with Crippen LogP contribution in [0.2, 0.25) is 0 Å². The number of rotatable bonds is 2. The van der Waals surface area contributed by atoms with Crippen molar-refractivity contribution >= 4 is 16.9 Å². The van der Waals surface area contributed by atoms with E-state index in [1.54, 1.807) is 0 Å². The normalized spacial score (nSPS) is 40.8. The van der Waals surface area contributed by atoms with Crippen molar-refractivity contribution in [2.75, 3.05) is 25.9 Å². The van der Waals surface area contributed by atoms with Gasteiger partial charge >= 0.3 is 0 Å². The molecular formula is C14H27N3S. The van der Waals surface area contributed by atoms with Crippen LogP contribution in [0, 0.1) is 5.92 Å². The number of nitrogens with one attached hydrogen (secondary N) is 1. The molecule has 0 bridgehead atoms. The fourth-order valence-corrected chi connectivity index (χ4v) is 4.02. The maximum absolute atomic E-state index is 5.00. The zero-order chi connectivity index (χ0) is 13.2. The molecule has 0 aliphatic carbocycles. The first kappa shape index (κ1) is 14.2. The standard InChI is InChI=1S/C14H27N3S/c1-5-14(3)7-9-18-13(16-14)15-12-6-8-17(4)10-11(12)2/h11-12H,5-10H2,1-4H3,(H,15,16). The van der Waals surface area contributed by atoms with Gasteiger partial charge in [0, 0.05) is 17.8 Å². The zero-order valence-electron chi connectivity index (χ0n) is 12.2. The van der Waals surface area contributed by atoms with E-state index in [0.29, 0.717) is 12.0 Å². The molecule has 2 rings (SSSR count). The first-order valence-electron chi connectivity index (χ1n) is 7.20. The molecule has 0 spiro atoms. The van der Waals surface area contributed by atoms with Gasteiger partial charge in [-0.1, -0.05) is 25.6 Å². The molecule has 2 saturated heterocycles. The fourth-order valence-electron chi connectivity index (χ4n) is 2.75. The fraction of sp³-hybridized carbons (Fsp3) is 0.929. The first-order chi connectivity index (χ1) is 8.52. The van der Waals surface area contributed by atoms with Crippen LogP contribution in [-0.4, -0.2) is 47.5 Å². The van der Waals surface area contributed by atoms with Crippen molar-refractivity contribution in [3.05, 3.63) is 0 Å². The predicted molar refractivity (Wildman–Crippen MR) is 81.4 cm³/mol. The molecule has 2 aliphatic heterocycles. The minimum absolute atomic E-state index is 0.263. The van der Waals surface area contributed by atoms with Gasteiger partial charge in [0.2, 0.25) is 0 Å². The van der Waals surface area contributed by atoms with Gasteiger partial charge in [-0.25, -0.2) is 0 Å². The van der Waals surface area contributed by atoms with E-state index in [-0.39, 0.29) is 5.54 Å². The van der Waals surface area contributed by atoms with Crippen molar-refractivity contribution in [3.8, 4) is 0 Å². The van der Waals surface area contributed by atoms with Gasteiger partial charge in [0.25, 0.3) is 0 Å². The summed E-state index contributed by atoms with van der Waals surface area (Å²) in [5.41, 5.74) is 0.263. The van der Waals surface area contributed by atoms with E-state index in [4.69, 9.17) is 4.99 Å². The summed E-state index contributed by atoms with van der Waals surface area (Å²) in [4.78, 5) is 7.41. The molecule has 0 radical (unpaired) electrons. The molecule has 3 atom stereocenters. The van der Waals surface area contributed by atoms with Crippen molar-refractivity contribution in [1.82, 2.24) is 10.2 Å². The summed E-state index contributed by atoms with van der Waals surface area (Å²) in [5, 5.41) is 4.84. The predicted octanol–water partition coefficient (Wildman–Crippen LogP) is 2.58. The number of amidine groups is 1. The molecule has 4 heteroatoms. The van der Waals surface area contributed by atoms with E-state index in [2.05, 4.69) is 38.0 Å². The van der Waals surface area contributed by atoms with E-state index >= 15 is 0 Å². The third-order valence-electron chi connectivity index (χ3n) is 4.43. The molecule has 3 unspecified atom stereocenters. The van der Waals surface area contributed by atoms with Gasteiger partial charge in [-0.2, -0.15) is 0 Å². The second-order valence-corrected chi connectivity index (χ2v) is 7.25. The molecule has 2 fully saturated rings. The Bertz CT molecular complexity index is 318. The quantitative estimate of drug-likeness (QED) is 0.835. The molecule has 3 nitrogen and oxygen atoms in total. The Labute approximate surface area is 116 Å². The zero-order valence-corrected chi connectivity index (χ0v) is 13.0. The number of piperidine rings is 1. The van der Waals surface area contributed by atoms with Crippen LogP contribution in [0.5, 0.6) is 0 Å². The summed E-state index contributed by atoms with van der Waals surface area (Å²) in [7, 11) is 2.21. The summed E-state index contributed by atoms with van der Waals surface area (Å²) in [6.45, 7) is 9.27. The number of hydrogen-bond acceptors (Lipinski definition) is 3. The van der Waals surface area contributed by atoms with Crippen LogP contribution in [-0.2, 0) is 0 Å². The van der Waals surface area contributed by atoms with Gasteiger partial charge in [-0.15, -0.1) is 0 Å². The molecule has 2 heterocycles. The van der Waals surface area contributed by atoms with Gasteiger partial charge in [-0.05, 0) is 45.7 Å². The van der Waals surface area contributed by atoms with Gasteiger partial charge in [0.1, 0.15) is 0 Å². The molecule has 0 amide bonds. The van der Waals surface area contributed by atoms with E-state index in [1.807, 2.05) is 11.8 Å². The Hall–Kier alpha value is -0.220. The van der Waals surface area contributed by atoms with E-state index in [1.165, 1.54) is 43.3 Å². The molecule has 18 heavy (non-hydrogen) atoms. The molecule has 0 aromatic heterocycles. The molecule has 104 valence electrons. The molecular weight excluding hydrogens is 242 g/mol. The van der Waals surface area contributed by atoms with Gasteiger partial charge in [0.05, 0.1) is 6.04 Å². The highest BCUT2D eigenvalue weighted by Crippen LogP contribution is 2.27. The van der Waals surface area contributed by atoms with Crippen LogP contribution in [0.4, 0.5) is 0 Å². The first-order valence-corrected chi connectivity index (χ1v) is 8.18. The van der Waals surface area contributed by atoms with Crippen molar-refractivity contribution in [3.63, 3.8) is 0 Å². The van der Waals surface area contributed by atoms with Crippen LogP contribution in [0.3, 0.4) is 0 Å². The number of likely N-dealkylation sites (tertiary alicyclic amines) is 1. The van der Waals surface area contributed by atoms with Gasteiger partial charge < -0.3 is 10.2 Å². The van der Waals surface area contributed by atoms with Crippen LogP contribution in [0.25, 0.3) is 0 Å². The highest BCUT2D eigenvalue weighted by Gasteiger charge is 2.29. The van der Waals surface area contributed by atoms with Gasteiger partial charge in [-0.3, -0.25) is 4.99 Å². The summed E-state index contributed by atoms with van der Waals surface area (Å²) < 4.78 is 0. The minimum Gasteiger partial charge on any atom is -0.360 e. The van der Waals surface area contributed by atoms with Crippen molar-refractivity contribution in [2.45, 2.75) is 51.6 Å². The molecule has 0 aromatic rings. The van der Waals surface area contributed by atoms with Crippen molar-refractivity contribution in [1.29, 1.82) is 0 Å². The highest BCUT2D eigenvalue weighted by molar-refractivity contribution is 8.13. The second-order valence-electron chi connectivity index (χ2n) is 6.17. The van der Waals surface area contributed by atoms with Crippen molar-refractivity contribution in [2.24, 2.45) is 10.9 Å². The Balaban J connectivity index is 2.00. The number of thioether (sulfide) groups is 1. The largest absolute Gasteiger partial charge is 0.360 e. The van der Waals surface area contributed by atoms with Crippen LogP contribution >= 0.6 is 11.8 Å². The monoisotopic (exact) mass is 269 g/mol. The Morgan fingerprint density at radius 1 is 1.56 bits per heavy atom. The number of nitrogens with zero attached hydrogens (tertiary/aromatic N) is 2. The minimum atomic E-state index is 0.263. The number of aliphatic imine (C=N–C) groups is 1.